The van der Waals surface area contributed by atoms with E-state index >= 15 is 0 Å². The number of aromatic nitrogens is 1. The van der Waals surface area contributed by atoms with Gasteiger partial charge in [-0.05, 0) is 61.4 Å². The van der Waals surface area contributed by atoms with Crippen molar-refractivity contribution in [2.45, 2.75) is 13.8 Å². The molecule has 0 amide bonds. The normalized spacial score (nSPS) is 11.3. The number of rotatable bonds is 4. The van der Waals surface area contributed by atoms with Gasteiger partial charge in [0.1, 0.15) is 0 Å². The number of hydrogen-bond acceptors (Lipinski definition) is 2. The first kappa shape index (κ1) is 17.6. The molecule has 1 aromatic heterocycles. The summed E-state index contributed by atoms with van der Waals surface area (Å²) in [6.45, 7) is 4.19. The summed E-state index contributed by atoms with van der Waals surface area (Å²) >= 11 is 0. The molecule has 0 spiro atoms. The summed E-state index contributed by atoms with van der Waals surface area (Å²) in [6, 6.07) is 22.8. The molecule has 3 nitrogen and oxygen atoms in total. The van der Waals surface area contributed by atoms with E-state index in [2.05, 4.69) is 59.7 Å². The van der Waals surface area contributed by atoms with Gasteiger partial charge in [-0.1, -0.05) is 30.3 Å². The molecule has 3 aromatic rings. The van der Waals surface area contributed by atoms with Crippen LogP contribution in [0.2, 0.25) is 0 Å². The molecule has 0 N–H and O–H groups in total. The van der Waals surface area contributed by atoms with Gasteiger partial charge in [0.2, 0.25) is 0 Å². The van der Waals surface area contributed by atoms with Gasteiger partial charge >= 0.3 is 0 Å². The van der Waals surface area contributed by atoms with Crippen molar-refractivity contribution in [3.8, 4) is 11.8 Å². The number of benzene rings is 2. The van der Waals surface area contributed by atoms with Crippen LogP contribution < -0.4 is 4.90 Å². The van der Waals surface area contributed by atoms with Crippen molar-refractivity contribution in [2.24, 2.45) is 0 Å². The van der Waals surface area contributed by atoms with Crippen molar-refractivity contribution < 1.29 is 0 Å². The summed E-state index contributed by atoms with van der Waals surface area (Å²) in [4.78, 5) is 2.09. The zero-order chi connectivity index (χ0) is 18.7. The van der Waals surface area contributed by atoms with Crippen LogP contribution in [0.1, 0.15) is 22.5 Å². The van der Waals surface area contributed by atoms with Crippen molar-refractivity contribution in [1.29, 1.82) is 5.26 Å². The van der Waals surface area contributed by atoms with Gasteiger partial charge < -0.3 is 9.47 Å². The Morgan fingerprint density at radius 3 is 2.23 bits per heavy atom. The average molecular weight is 341 g/mol. The third-order valence-electron chi connectivity index (χ3n) is 4.60. The number of nitriles is 1. The minimum Gasteiger partial charge on any atom is -0.378 e. The Balaban J connectivity index is 2.03. The lowest BCUT2D eigenvalue weighted by Gasteiger charge is -2.14. The van der Waals surface area contributed by atoms with E-state index < -0.39 is 0 Å². The van der Waals surface area contributed by atoms with Gasteiger partial charge in [0, 0.05) is 36.9 Å². The highest BCUT2D eigenvalue weighted by Gasteiger charge is 2.11. The van der Waals surface area contributed by atoms with E-state index in [-0.39, 0.29) is 0 Å². The summed E-state index contributed by atoms with van der Waals surface area (Å²) in [6.07, 6.45) is 1.97. The summed E-state index contributed by atoms with van der Waals surface area (Å²) in [5.74, 6) is 0. The lowest BCUT2D eigenvalue weighted by molar-refractivity contribution is 0.963. The molecular weight excluding hydrogens is 318 g/mol. The van der Waals surface area contributed by atoms with E-state index in [9.17, 15) is 5.26 Å². The smallest absolute Gasteiger partial charge is 0.0998 e. The minimum atomic E-state index is 0.675. The van der Waals surface area contributed by atoms with Crippen LogP contribution in [0.5, 0.6) is 0 Å². The van der Waals surface area contributed by atoms with Crippen molar-refractivity contribution in [3.63, 3.8) is 0 Å². The van der Waals surface area contributed by atoms with Crippen LogP contribution in [-0.4, -0.2) is 18.7 Å². The molecule has 0 bridgehead atoms. The van der Waals surface area contributed by atoms with E-state index in [1.807, 2.05) is 50.5 Å². The van der Waals surface area contributed by atoms with Crippen LogP contribution in [0, 0.1) is 25.2 Å². The second-order valence-electron chi connectivity index (χ2n) is 6.61. The van der Waals surface area contributed by atoms with Crippen LogP contribution >= 0.6 is 0 Å². The maximum Gasteiger partial charge on any atom is 0.0998 e. The highest BCUT2D eigenvalue weighted by Crippen LogP contribution is 2.26. The van der Waals surface area contributed by atoms with Gasteiger partial charge in [-0.3, -0.25) is 0 Å². The van der Waals surface area contributed by atoms with E-state index in [1.54, 1.807) is 0 Å². The summed E-state index contributed by atoms with van der Waals surface area (Å²) in [7, 11) is 4.08. The van der Waals surface area contributed by atoms with Gasteiger partial charge in [0.05, 0.1) is 11.6 Å². The topological polar surface area (TPSA) is 32.0 Å². The van der Waals surface area contributed by atoms with Gasteiger partial charge in [-0.15, -0.1) is 0 Å². The van der Waals surface area contributed by atoms with Gasteiger partial charge in [-0.2, -0.15) is 5.26 Å². The molecule has 0 saturated carbocycles. The van der Waals surface area contributed by atoms with Crippen molar-refractivity contribution in [1.82, 2.24) is 4.57 Å². The first-order valence-corrected chi connectivity index (χ1v) is 8.65. The Bertz CT molecular complexity index is 969. The maximum atomic E-state index is 9.58. The van der Waals surface area contributed by atoms with Crippen molar-refractivity contribution in [2.75, 3.05) is 19.0 Å². The largest absolute Gasteiger partial charge is 0.378 e. The lowest BCUT2D eigenvalue weighted by Crippen LogP contribution is -2.08. The van der Waals surface area contributed by atoms with E-state index in [0.717, 1.165) is 28.2 Å². The van der Waals surface area contributed by atoms with E-state index in [1.165, 1.54) is 5.69 Å². The van der Waals surface area contributed by atoms with Crippen LogP contribution in [0.25, 0.3) is 17.3 Å². The van der Waals surface area contributed by atoms with E-state index in [4.69, 9.17) is 0 Å². The van der Waals surface area contributed by atoms with Crippen molar-refractivity contribution >= 4 is 17.3 Å². The molecular formula is C23H23N3. The third kappa shape index (κ3) is 3.41. The molecule has 0 fully saturated rings. The number of aryl methyl sites for hydroxylation is 1. The fraction of sp³-hybridized carbons (Fsp3) is 0.174. The zero-order valence-electron chi connectivity index (χ0n) is 15.7. The fourth-order valence-electron chi connectivity index (χ4n) is 3.18. The maximum absolute atomic E-state index is 9.58. The molecule has 0 atom stereocenters. The lowest BCUT2D eigenvalue weighted by atomic mass is 10.0. The van der Waals surface area contributed by atoms with Crippen LogP contribution in [0.3, 0.4) is 0 Å². The Morgan fingerprint density at radius 2 is 1.65 bits per heavy atom. The van der Waals surface area contributed by atoms with Crippen LogP contribution in [0.4, 0.5) is 5.69 Å². The molecule has 0 aliphatic carbocycles. The Kier molecular flexibility index (Phi) is 4.95. The third-order valence-corrected chi connectivity index (χ3v) is 4.60. The standard InChI is InChI=1S/C23H23N3/c1-17-14-20(15-21(16-24)19-8-6-5-7-9-19)18(2)26(17)23-12-10-22(11-13-23)25(3)4/h5-15H,1-4H3/b21-15+. The second kappa shape index (κ2) is 7.33. The predicted molar refractivity (Wildman–Crippen MR) is 109 cm³/mol. The summed E-state index contributed by atoms with van der Waals surface area (Å²) in [5, 5.41) is 9.58. The number of anilines is 1. The number of nitrogens with zero attached hydrogens (tertiary/aromatic N) is 3. The van der Waals surface area contributed by atoms with Crippen LogP contribution in [0.15, 0.2) is 60.7 Å². The Morgan fingerprint density at radius 1 is 1.00 bits per heavy atom. The monoisotopic (exact) mass is 341 g/mol. The molecule has 0 aliphatic heterocycles. The van der Waals surface area contributed by atoms with Gasteiger partial charge in [0.15, 0.2) is 0 Å². The van der Waals surface area contributed by atoms with Crippen LogP contribution in [-0.2, 0) is 0 Å². The first-order valence-electron chi connectivity index (χ1n) is 8.65. The molecule has 0 unspecified atom stereocenters. The molecule has 1 heterocycles. The molecule has 0 saturated heterocycles. The number of allylic oxidation sites excluding steroid dienone is 1. The Hall–Kier alpha value is -3.25. The molecule has 3 rings (SSSR count). The van der Waals surface area contributed by atoms with Gasteiger partial charge in [0.25, 0.3) is 0 Å². The molecule has 3 heteroatoms. The molecule has 130 valence electrons. The molecule has 0 radical (unpaired) electrons. The highest BCUT2D eigenvalue weighted by molar-refractivity contribution is 5.90. The van der Waals surface area contributed by atoms with Crippen molar-refractivity contribution in [3.05, 3.63) is 83.2 Å². The molecule has 26 heavy (non-hydrogen) atoms. The molecule has 0 aliphatic rings. The second-order valence-corrected chi connectivity index (χ2v) is 6.61. The SMILES string of the molecule is Cc1cc(/C=C(\C#N)c2ccccc2)c(C)n1-c1ccc(N(C)C)cc1. The first-order chi connectivity index (χ1) is 12.5. The zero-order valence-corrected chi connectivity index (χ0v) is 15.7. The fourth-order valence-corrected chi connectivity index (χ4v) is 3.18. The van der Waals surface area contributed by atoms with E-state index in [0.29, 0.717) is 5.57 Å². The van der Waals surface area contributed by atoms with Gasteiger partial charge in [-0.25, -0.2) is 0 Å². The summed E-state index contributed by atoms with van der Waals surface area (Å²) < 4.78 is 2.23. The average Bonchev–Trinajstić information content (AvgIpc) is 2.93. The quantitative estimate of drug-likeness (QED) is 0.609. The Labute approximate surface area is 155 Å². The minimum absolute atomic E-state index is 0.675. The predicted octanol–water partition coefficient (Wildman–Crippen LogP) is 5.22. The summed E-state index contributed by atoms with van der Waals surface area (Å²) in [5.41, 5.74) is 7.26. The number of hydrogen-bond donors (Lipinski definition) is 0. The highest BCUT2D eigenvalue weighted by atomic mass is 15.1. The molecule has 2 aromatic carbocycles.